The van der Waals surface area contributed by atoms with Crippen LogP contribution in [-0.2, 0) is 4.79 Å². The number of pyridine rings is 1. The van der Waals surface area contributed by atoms with E-state index in [2.05, 4.69) is 43.8 Å². The van der Waals surface area contributed by atoms with Crippen molar-refractivity contribution in [1.82, 2.24) is 20.1 Å². The van der Waals surface area contributed by atoms with Gasteiger partial charge in [0.1, 0.15) is 17.6 Å². The number of nitrogens with zero attached hydrogens (tertiary/aromatic N) is 5. The molecule has 2 heterocycles. The number of carbonyl (C=O) groups is 1. The Hall–Kier alpha value is -5.47. The van der Waals surface area contributed by atoms with Gasteiger partial charge >= 0.3 is 0 Å². The lowest BCUT2D eigenvalue weighted by atomic mass is 10.1. The number of aromatic nitrogens is 3. The predicted octanol–water partition coefficient (Wildman–Crippen LogP) is 5.75. The molecular weight excluding hydrogens is 532 g/mol. The van der Waals surface area contributed by atoms with E-state index in [1.54, 1.807) is 24.3 Å². The summed E-state index contributed by atoms with van der Waals surface area (Å²) in [6.07, 6.45) is 7.80. The molecule has 0 saturated carbocycles. The number of nitrogens with one attached hydrogen (secondary N) is 3. The normalized spacial score (nSPS) is 10.9. The standard InChI is InChI=1S/C31H32N8O3/c1-6-33-29-14-23(19-35-38-29)42-27-11-10-22(13-20(27)3)36-31-21(17-32)18-34-25-16-28(41-7-2)26(15-24(25)31)37-30(40)9-8-12-39(4)5/h6,8-11,13-16,18-19H,1,7,12H2,2-5H3,(H,33,38)(H,34,36)(H,37,40)/b9-8+. The molecule has 11 nitrogen and oxygen atoms in total. The Morgan fingerprint density at radius 3 is 2.71 bits per heavy atom. The summed E-state index contributed by atoms with van der Waals surface area (Å²) in [5.41, 5.74) is 3.56. The highest BCUT2D eigenvalue weighted by molar-refractivity contribution is 6.04. The van der Waals surface area contributed by atoms with Gasteiger partial charge in [0, 0.05) is 42.0 Å². The van der Waals surface area contributed by atoms with Gasteiger partial charge in [0.2, 0.25) is 5.91 Å². The number of hydrogen-bond acceptors (Lipinski definition) is 10. The van der Waals surface area contributed by atoms with E-state index < -0.39 is 0 Å². The van der Waals surface area contributed by atoms with E-state index in [-0.39, 0.29) is 5.91 Å². The number of ether oxygens (including phenoxy) is 2. The summed E-state index contributed by atoms with van der Waals surface area (Å²) in [7, 11) is 3.84. The molecule has 0 spiro atoms. The van der Waals surface area contributed by atoms with Gasteiger partial charge in [0.05, 0.1) is 35.3 Å². The first-order chi connectivity index (χ1) is 20.3. The molecule has 0 bridgehead atoms. The maximum atomic E-state index is 12.7. The van der Waals surface area contributed by atoms with Crippen molar-refractivity contribution in [3.63, 3.8) is 0 Å². The molecule has 0 aliphatic rings. The van der Waals surface area contributed by atoms with Gasteiger partial charge in [-0.05, 0) is 64.0 Å². The number of aryl methyl sites for hydroxylation is 1. The molecule has 2 aromatic carbocycles. The number of amides is 1. The highest BCUT2D eigenvalue weighted by Gasteiger charge is 2.16. The van der Waals surface area contributed by atoms with Gasteiger partial charge < -0.3 is 30.3 Å². The molecule has 214 valence electrons. The van der Waals surface area contributed by atoms with Gasteiger partial charge in [-0.2, -0.15) is 10.4 Å². The van der Waals surface area contributed by atoms with Gasteiger partial charge in [-0.1, -0.05) is 12.7 Å². The molecule has 3 N–H and O–H groups in total. The average Bonchev–Trinajstić information content (AvgIpc) is 2.95. The van der Waals surface area contributed by atoms with Gasteiger partial charge in [-0.25, -0.2) is 0 Å². The third-order valence-corrected chi connectivity index (χ3v) is 5.94. The van der Waals surface area contributed by atoms with Crippen LogP contribution in [0.1, 0.15) is 18.1 Å². The highest BCUT2D eigenvalue weighted by Crippen LogP contribution is 2.37. The molecule has 2 aromatic heterocycles. The fourth-order valence-electron chi connectivity index (χ4n) is 4.05. The summed E-state index contributed by atoms with van der Waals surface area (Å²) < 4.78 is 11.8. The Bertz CT molecular complexity index is 1680. The van der Waals surface area contributed by atoms with Crippen molar-refractivity contribution < 1.29 is 14.3 Å². The van der Waals surface area contributed by atoms with Crippen molar-refractivity contribution in [1.29, 1.82) is 5.26 Å². The lowest BCUT2D eigenvalue weighted by Gasteiger charge is -2.17. The first-order valence-electron chi connectivity index (χ1n) is 13.2. The summed E-state index contributed by atoms with van der Waals surface area (Å²) in [5, 5.41) is 27.6. The summed E-state index contributed by atoms with van der Waals surface area (Å²) in [6, 6.07) is 13.0. The third kappa shape index (κ3) is 7.38. The number of likely N-dealkylation sites (N-methyl/N-ethyl adjacent to an activating group) is 1. The molecule has 0 unspecified atom stereocenters. The molecule has 0 radical (unpaired) electrons. The van der Waals surface area contributed by atoms with E-state index in [1.165, 1.54) is 24.7 Å². The number of carbonyl (C=O) groups excluding carboxylic acids is 1. The molecule has 0 saturated heterocycles. The topological polar surface area (TPSA) is 137 Å². The maximum Gasteiger partial charge on any atom is 0.248 e. The van der Waals surface area contributed by atoms with E-state index in [0.717, 1.165) is 11.3 Å². The van der Waals surface area contributed by atoms with Crippen molar-refractivity contribution in [2.24, 2.45) is 0 Å². The van der Waals surface area contributed by atoms with Crippen molar-refractivity contribution >= 4 is 39.7 Å². The van der Waals surface area contributed by atoms with Crippen LogP contribution in [-0.4, -0.2) is 53.2 Å². The van der Waals surface area contributed by atoms with Crippen LogP contribution in [0.25, 0.3) is 10.9 Å². The molecule has 0 fully saturated rings. The van der Waals surface area contributed by atoms with Crippen LogP contribution >= 0.6 is 0 Å². The zero-order valence-electron chi connectivity index (χ0n) is 23.9. The maximum absolute atomic E-state index is 12.7. The Morgan fingerprint density at radius 1 is 1.17 bits per heavy atom. The second kappa shape index (κ2) is 13.7. The molecule has 1 amide bonds. The zero-order valence-corrected chi connectivity index (χ0v) is 23.9. The minimum Gasteiger partial charge on any atom is -0.492 e. The molecule has 0 aliphatic heterocycles. The quantitative estimate of drug-likeness (QED) is 0.182. The molecule has 0 aliphatic carbocycles. The smallest absolute Gasteiger partial charge is 0.248 e. The van der Waals surface area contributed by atoms with E-state index in [9.17, 15) is 10.1 Å². The van der Waals surface area contributed by atoms with Gasteiger partial charge in [0.15, 0.2) is 11.6 Å². The number of benzene rings is 2. The number of anilines is 4. The average molecular weight is 565 g/mol. The minimum atomic E-state index is -0.293. The Balaban J connectivity index is 1.66. The van der Waals surface area contributed by atoms with Crippen LogP contribution in [0.15, 0.2) is 73.7 Å². The molecule has 42 heavy (non-hydrogen) atoms. The fourth-order valence-corrected chi connectivity index (χ4v) is 4.05. The molecule has 4 aromatic rings. The van der Waals surface area contributed by atoms with Gasteiger partial charge in [-0.15, -0.1) is 5.10 Å². The van der Waals surface area contributed by atoms with Crippen LogP contribution in [0.2, 0.25) is 0 Å². The highest BCUT2D eigenvalue weighted by atomic mass is 16.5. The SMILES string of the molecule is C=CNc1cc(Oc2ccc(Nc3c(C#N)cnc4cc(OCC)c(NC(=O)/C=C/CN(C)C)cc34)cc2C)cnn1. The summed E-state index contributed by atoms with van der Waals surface area (Å²) in [4.78, 5) is 19.1. The van der Waals surface area contributed by atoms with Crippen LogP contribution in [0, 0.1) is 18.3 Å². The van der Waals surface area contributed by atoms with Crippen molar-refractivity contribution in [2.45, 2.75) is 13.8 Å². The Morgan fingerprint density at radius 2 is 2.00 bits per heavy atom. The minimum absolute atomic E-state index is 0.293. The van der Waals surface area contributed by atoms with E-state index in [4.69, 9.17) is 9.47 Å². The van der Waals surface area contributed by atoms with E-state index >= 15 is 0 Å². The van der Waals surface area contributed by atoms with Crippen molar-refractivity contribution in [3.8, 4) is 23.3 Å². The molecule has 11 heteroatoms. The van der Waals surface area contributed by atoms with Crippen LogP contribution in [0.4, 0.5) is 22.9 Å². The van der Waals surface area contributed by atoms with Crippen molar-refractivity contribution in [3.05, 3.63) is 84.8 Å². The number of hydrogen-bond donors (Lipinski definition) is 3. The van der Waals surface area contributed by atoms with Gasteiger partial charge in [-0.3, -0.25) is 9.78 Å². The van der Waals surface area contributed by atoms with Crippen LogP contribution < -0.4 is 25.4 Å². The Kier molecular flexibility index (Phi) is 9.65. The number of nitriles is 1. The molecule has 0 atom stereocenters. The predicted molar refractivity (Wildman–Crippen MR) is 164 cm³/mol. The van der Waals surface area contributed by atoms with Crippen LogP contribution in [0.5, 0.6) is 17.2 Å². The van der Waals surface area contributed by atoms with E-state index in [0.29, 0.717) is 64.1 Å². The first-order valence-corrected chi connectivity index (χ1v) is 13.2. The summed E-state index contributed by atoms with van der Waals surface area (Å²) in [5.74, 6) is 1.85. The fraction of sp³-hybridized carbons (Fsp3) is 0.194. The second-order valence-electron chi connectivity index (χ2n) is 9.44. The largest absolute Gasteiger partial charge is 0.492 e. The summed E-state index contributed by atoms with van der Waals surface area (Å²) >= 11 is 0. The van der Waals surface area contributed by atoms with Gasteiger partial charge in [0.25, 0.3) is 0 Å². The lowest BCUT2D eigenvalue weighted by molar-refractivity contribution is -0.111. The molecule has 4 rings (SSSR count). The first kappa shape index (κ1) is 29.5. The lowest BCUT2D eigenvalue weighted by Crippen LogP contribution is -2.13. The third-order valence-electron chi connectivity index (χ3n) is 5.94. The van der Waals surface area contributed by atoms with Crippen LogP contribution in [0.3, 0.4) is 0 Å². The molecular formula is C31H32N8O3. The monoisotopic (exact) mass is 564 g/mol. The van der Waals surface area contributed by atoms with Crippen molar-refractivity contribution in [2.75, 3.05) is 43.2 Å². The number of rotatable bonds is 12. The van der Waals surface area contributed by atoms with E-state index in [1.807, 2.05) is 51.0 Å². The zero-order chi connectivity index (χ0) is 30.1. The second-order valence-corrected chi connectivity index (χ2v) is 9.44. The number of fused-ring (bicyclic) bond motifs is 1. The summed E-state index contributed by atoms with van der Waals surface area (Å²) in [6.45, 7) is 8.44. The Labute approximate surface area is 244 Å².